The van der Waals surface area contributed by atoms with Crippen LogP contribution in [-0.4, -0.2) is 36.9 Å². The van der Waals surface area contributed by atoms with Crippen LogP contribution >= 0.6 is 0 Å². The van der Waals surface area contributed by atoms with Crippen molar-refractivity contribution in [2.45, 2.75) is 37.9 Å². The first kappa shape index (κ1) is 14.0. The van der Waals surface area contributed by atoms with Gasteiger partial charge in [-0.3, -0.25) is 4.57 Å². The highest BCUT2D eigenvalue weighted by molar-refractivity contribution is 7.86. The molecule has 1 heterocycles. The van der Waals surface area contributed by atoms with Crippen LogP contribution in [0.4, 0.5) is 3.89 Å². The average Bonchev–Trinajstić information content (AvgIpc) is 2.68. The van der Waals surface area contributed by atoms with E-state index in [2.05, 4.69) is 10.2 Å². The number of ether oxygens (including phenoxy) is 1. The number of nitrogens with zero attached hydrogens (tertiary/aromatic N) is 3. The van der Waals surface area contributed by atoms with Gasteiger partial charge < -0.3 is 4.74 Å². The minimum atomic E-state index is -4.85. The molecule has 0 aliphatic heterocycles. The van der Waals surface area contributed by atoms with Gasteiger partial charge in [0.25, 0.3) is 5.16 Å². The van der Waals surface area contributed by atoms with Gasteiger partial charge in [0.1, 0.15) is 5.82 Å². The van der Waals surface area contributed by atoms with Gasteiger partial charge in [0.15, 0.2) is 0 Å². The molecular formula is C9H16FN3O3S. The lowest BCUT2D eigenvalue weighted by Crippen LogP contribution is -2.14. The molecule has 0 saturated heterocycles. The van der Waals surface area contributed by atoms with E-state index in [4.69, 9.17) is 4.74 Å². The van der Waals surface area contributed by atoms with E-state index < -0.39 is 15.4 Å². The number of aromatic nitrogens is 3. The van der Waals surface area contributed by atoms with E-state index >= 15 is 0 Å². The summed E-state index contributed by atoms with van der Waals surface area (Å²) >= 11 is 0. The molecule has 0 aliphatic carbocycles. The molecule has 1 rings (SSSR count). The first-order chi connectivity index (χ1) is 7.91. The van der Waals surface area contributed by atoms with Gasteiger partial charge in [-0.1, -0.05) is 17.7 Å². The maximum Gasteiger partial charge on any atom is 0.368 e. The van der Waals surface area contributed by atoms with Gasteiger partial charge in [0, 0.05) is 13.0 Å². The Bertz CT molecular complexity index is 472. The van der Waals surface area contributed by atoms with Gasteiger partial charge >= 0.3 is 10.2 Å². The van der Waals surface area contributed by atoms with Gasteiger partial charge in [0.05, 0.1) is 13.2 Å². The zero-order chi connectivity index (χ0) is 13.1. The topological polar surface area (TPSA) is 74.1 Å². The molecule has 0 N–H and O–H groups in total. The fraction of sp³-hybridized carbons (Fsp3) is 0.778. The van der Waals surface area contributed by atoms with Crippen molar-refractivity contribution in [3.05, 3.63) is 5.82 Å². The van der Waals surface area contributed by atoms with Gasteiger partial charge in [-0.25, -0.2) is 0 Å². The first-order valence-electron chi connectivity index (χ1n) is 5.28. The van der Waals surface area contributed by atoms with E-state index in [1.54, 1.807) is 0 Å². The van der Waals surface area contributed by atoms with Crippen molar-refractivity contribution in [1.29, 1.82) is 0 Å². The van der Waals surface area contributed by atoms with Crippen LogP contribution in [0.15, 0.2) is 5.16 Å². The van der Waals surface area contributed by atoms with Crippen LogP contribution in [0, 0.1) is 0 Å². The summed E-state index contributed by atoms with van der Waals surface area (Å²) in [6.07, 6.45) is 0.761. The van der Waals surface area contributed by atoms with Crippen molar-refractivity contribution in [1.82, 2.24) is 14.8 Å². The van der Waals surface area contributed by atoms with E-state index in [1.807, 2.05) is 13.8 Å². The van der Waals surface area contributed by atoms with Crippen LogP contribution in [-0.2, 0) is 21.5 Å². The summed E-state index contributed by atoms with van der Waals surface area (Å²) in [6.45, 7) is 4.29. The predicted molar refractivity (Wildman–Crippen MR) is 58.9 cm³/mol. The zero-order valence-corrected chi connectivity index (χ0v) is 10.9. The van der Waals surface area contributed by atoms with Crippen molar-refractivity contribution in [3.63, 3.8) is 0 Å². The SMILES string of the molecule is CCC(C)c1nnc(S(=O)(=O)F)n1CCOC. The Morgan fingerprint density at radius 1 is 1.47 bits per heavy atom. The van der Waals surface area contributed by atoms with Crippen LogP contribution < -0.4 is 0 Å². The second-order valence-corrected chi connectivity index (χ2v) is 4.97. The fourth-order valence-electron chi connectivity index (χ4n) is 1.42. The minimum absolute atomic E-state index is 0.00913. The van der Waals surface area contributed by atoms with E-state index in [0.717, 1.165) is 6.42 Å². The molecule has 98 valence electrons. The number of methoxy groups -OCH3 is 1. The Morgan fingerprint density at radius 3 is 2.59 bits per heavy atom. The normalized spacial score (nSPS) is 13.9. The Morgan fingerprint density at radius 2 is 2.12 bits per heavy atom. The Kier molecular flexibility index (Phi) is 4.58. The molecule has 6 nitrogen and oxygen atoms in total. The lowest BCUT2D eigenvalue weighted by atomic mass is 10.1. The standard InChI is InChI=1S/C9H16FN3O3S/c1-4-7(2)8-11-12-9(17(10,14)15)13(8)5-6-16-3/h7H,4-6H2,1-3H3. The molecule has 0 saturated carbocycles. The summed E-state index contributed by atoms with van der Waals surface area (Å²) < 4.78 is 40.9. The molecule has 0 aliphatic rings. The number of hydrogen-bond acceptors (Lipinski definition) is 5. The molecule has 0 amide bonds. The van der Waals surface area contributed by atoms with Gasteiger partial charge in [-0.05, 0) is 6.42 Å². The van der Waals surface area contributed by atoms with Crippen molar-refractivity contribution in [2.24, 2.45) is 0 Å². The van der Waals surface area contributed by atoms with Crippen LogP contribution in [0.3, 0.4) is 0 Å². The summed E-state index contributed by atoms with van der Waals surface area (Å²) in [5, 5.41) is 6.50. The Balaban J connectivity index is 3.20. The molecule has 0 aromatic carbocycles. The third-order valence-electron chi connectivity index (χ3n) is 2.54. The average molecular weight is 265 g/mol. The lowest BCUT2D eigenvalue weighted by Gasteiger charge is -2.11. The summed E-state index contributed by atoms with van der Waals surface area (Å²) in [4.78, 5) is 0. The second kappa shape index (κ2) is 5.54. The Labute approximate surface area is 100 Å². The van der Waals surface area contributed by atoms with Crippen LogP contribution in [0.25, 0.3) is 0 Å². The van der Waals surface area contributed by atoms with Crippen molar-refractivity contribution in [2.75, 3.05) is 13.7 Å². The molecule has 0 fully saturated rings. The maximum atomic E-state index is 13.0. The highest BCUT2D eigenvalue weighted by atomic mass is 32.3. The molecule has 0 spiro atoms. The number of rotatable bonds is 6. The quantitative estimate of drug-likeness (QED) is 0.720. The van der Waals surface area contributed by atoms with Crippen LogP contribution in [0.5, 0.6) is 0 Å². The van der Waals surface area contributed by atoms with Gasteiger partial charge in [-0.2, -0.15) is 8.42 Å². The largest absolute Gasteiger partial charge is 0.383 e. The van der Waals surface area contributed by atoms with E-state index in [0.29, 0.717) is 5.82 Å². The lowest BCUT2D eigenvalue weighted by molar-refractivity contribution is 0.183. The summed E-state index contributed by atoms with van der Waals surface area (Å²) in [5.41, 5.74) is 0. The minimum Gasteiger partial charge on any atom is -0.383 e. The highest BCUT2D eigenvalue weighted by Crippen LogP contribution is 2.20. The van der Waals surface area contributed by atoms with Crippen molar-refractivity contribution < 1.29 is 17.0 Å². The number of halogens is 1. The van der Waals surface area contributed by atoms with Crippen LogP contribution in [0.1, 0.15) is 32.0 Å². The van der Waals surface area contributed by atoms with Gasteiger partial charge in [-0.15, -0.1) is 10.2 Å². The molecule has 8 heteroatoms. The highest BCUT2D eigenvalue weighted by Gasteiger charge is 2.25. The maximum absolute atomic E-state index is 13.0. The predicted octanol–water partition coefficient (Wildman–Crippen LogP) is 1.10. The first-order valence-corrected chi connectivity index (χ1v) is 6.66. The van der Waals surface area contributed by atoms with E-state index in [9.17, 15) is 12.3 Å². The van der Waals surface area contributed by atoms with Gasteiger partial charge in [0.2, 0.25) is 0 Å². The molecule has 0 radical (unpaired) electrons. The van der Waals surface area contributed by atoms with Crippen molar-refractivity contribution >= 4 is 10.2 Å². The molecular weight excluding hydrogens is 249 g/mol. The zero-order valence-electron chi connectivity index (χ0n) is 10.1. The van der Waals surface area contributed by atoms with Crippen LogP contribution in [0.2, 0.25) is 0 Å². The molecule has 1 unspecified atom stereocenters. The molecule has 1 aromatic rings. The molecule has 0 bridgehead atoms. The monoisotopic (exact) mass is 265 g/mol. The van der Waals surface area contributed by atoms with Crippen molar-refractivity contribution in [3.8, 4) is 0 Å². The second-order valence-electron chi connectivity index (χ2n) is 3.73. The summed E-state index contributed by atoms with van der Waals surface area (Å²) in [6, 6.07) is 0. The summed E-state index contributed by atoms with van der Waals surface area (Å²) in [5.74, 6) is 0.468. The molecule has 1 aromatic heterocycles. The molecule has 17 heavy (non-hydrogen) atoms. The summed E-state index contributed by atoms with van der Waals surface area (Å²) in [7, 11) is -3.37. The number of hydrogen-bond donors (Lipinski definition) is 0. The van der Waals surface area contributed by atoms with E-state index in [-0.39, 0.29) is 19.1 Å². The third-order valence-corrected chi connectivity index (χ3v) is 3.27. The van der Waals surface area contributed by atoms with E-state index in [1.165, 1.54) is 11.7 Å². The molecule has 1 atom stereocenters. The fourth-order valence-corrected chi connectivity index (χ4v) is 2.01. The Hall–Kier alpha value is -1.02. The third kappa shape index (κ3) is 3.22. The smallest absolute Gasteiger partial charge is 0.368 e.